The van der Waals surface area contributed by atoms with E-state index in [2.05, 4.69) is 5.16 Å². The fourth-order valence-electron chi connectivity index (χ4n) is 2.99. The Hall–Kier alpha value is -2.64. The van der Waals surface area contributed by atoms with Crippen LogP contribution in [0.2, 0.25) is 0 Å². The topological polar surface area (TPSA) is 94.3 Å². The number of benzene rings is 1. The zero-order valence-electron chi connectivity index (χ0n) is 14.5. The minimum Gasteiger partial charge on any atom is -0.444 e. The number of carbonyl (C=O) groups is 1. The Bertz CT molecular complexity index is 708. The van der Waals surface area contributed by atoms with Gasteiger partial charge in [-0.15, -0.1) is 0 Å². The molecule has 1 amide bonds. The summed E-state index contributed by atoms with van der Waals surface area (Å²) < 4.78 is 5.40. The number of hydrogen-bond donors (Lipinski definition) is 0. The van der Waals surface area contributed by atoms with Gasteiger partial charge in [0.2, 0.25) is 0 Å². The smallest absolute Gasteiger partial charge is 0.410 e. The molecule has 0 radical (unpaired) electrons. The Labute approximate surface area is 145 Å². The molecule has 1 fully saturated rings. The Morgan fingerprint density at radius 3 is 2.64 bits per heavy atom. The predicted molar refractivity (Wildman–Crippen MR) is 90.4 cm³/mol. The Kier molecular flexibility index (Phi) is 4.36. The Morgan fingerprint density at radius 1 is 1.36 bits per heavy atom. The lowest BCUT2D eigenvalue weighted by Crippen LogP contribution is -2.36. The minimum absolute atomic E-state index is 0.0303. The van der Waals surface area contributed by atoms with Crippen molar-refractivity contribution in [1.82, 2.24) is 4.90 Å². The van der Waals surface area contributed by atoms with Crippen LogP contribution in [0.3, 0.4) is 0 Å². The number of ether oxygens (including phenoxy) is 1. The Morgan fingerprint density at radius 2 is 2.04 bits per heavy atom. The highest BCUT2D eigenvalue weighted by molar-refractivity contribution is 5.91. The molecule has 2 aliphatic rings. The molecule has 1 saturated heterocycles. The summed E-state index contributed by atoms with van der Waals surface area (Å²) in [7, 11) is 0. The molecule has 1 aromatic carbocycles. The number of nitrogens with zero attached hydrogens (tertiary/aromatic N) is 3. The number of nitro groups is 1. The summed E-state index contributed by atoms with van der Waals surface area (Å²) in [5, 5.41) is 14.9. The molecule has 0 spiro atoms. The van der Waals surface area contributed by atoms with Crippen molar-refractivity contribution in [2.45, 2.75) is 38.9 Å². The first-order chi connectivity index (χ1) is 11.7. The average Bonchev–Trinajstić information content (AvgIpc) is 3.08. The van der Waals surface area contributed by atoms with Gasteiger partial charge in [0.05, 0.1) is 23.1 Å². The first-order valence-corrected chi connectivity index (χ1v) is 8.17. The van der Waals surface area contributed by atoms with E-state index in [9.17, 15) is 14.9 Å². The van der Waals surface area contributed by atoms with Crippen molar-refractivity contribution in [3.8, 4) is 0 Å². The van der Waals surface area contributed by atoms with Gasteiger partial charge >= 0.3 is 6.09 Å². The second-order valence-electron chi connectivity index (χ2n) is 7.32. The number of oxime groups is 1. The second-order valence-corrected chi connectivity index (χ2v) is 7.32. The number of non-ortho nitro benzene ring substituents is 1. The van der Waals surface area contributed by atoms with Crippen molar-refractivity contribution >= 4 is 17.5 Å². The van der Waals surface area contributed by atoms with Crippen LogP contribution in [0.15, 0.2) is 29.4 Å². The normalized spacial score (nSPS) is 22.2. The third kappa shape index (κ3) is 3.89. The molecule has 3 rings (SSSR count). The third-order valence-corrected chi connectivity index (χ3v) is 4.18. The van der Waals surface area contributed by atoms with Crippen LogP contribution in [-0.4, -0.2) is 46.4 Å². The van der Waals surface area contributed by atoms with Crippen LogP contribution in [0, 0.1) is 16.0 Å². The molecule has 8 heteroatoms. The van der Waals surface area contributed by atoms with Crippen molar-refractivity contribution in [2.24, 2.45) is 11.1 Å². The summed E-state index contributed by atoms with van der Waals surface area (Å²) in [6.07, 6.45) is 0.0437. The highest BCUT2D eigenvalue weighted by Crippen LogP contribution is 2.30. The fourth-order valence-corrected chi connectivity index (χ4v) is 2.99. The molecule has 2 heterocycles. The van der Waals surface area contributed by atoms with Crippen molar-refractivity contribution in [2.75, 3.05) is 13.1 Å². The van der Waals surface area contributed by atoms with Crippen molar-refractivity contribution < 1.29 is 19.3 Å². The fraction of sp³-hybridized carbons (Fsp3) is 0.529. The van der Waals surface area contributed by atoms with Gasteiger partial charge in [0.1, 0.15) is 5.60 Å². The monoisotopic (exact) mass is 347 g/mol. The number of amides is 1. The lowest BCUT2D eigenvalue weighted by atomic mass is 9.95. The number of nitro benzene ring substituents is 1. The van der Waals surface area contributed by atoms with Gasteiger partial charge in [0, 0.05) is 25.1 Å². The van der Waals surface area contributed by atoms with Crippen LogP contribution in [0.5, 0.6) is 0 Å². The van der Waals surface area contributed by atoms with E-state index in [1.165, 1.54) is 12.1 Å². The maximum atomic E-state index is 12.2. The number of carbonyl (C=O) groups excluding carboxylic acids is 1. The van der Waals surface area contributed by atoms with Crippen LogP contribution in [0.4, 0.5) is 10.5 Å². The first-order valence-electron chi connectivity index (χ1n) is 8.17. The van der Waals surface area contributed by atoms with E-state index in [1.54, 1.807) is 17.0 Å². The van der Waals surface area contributed by atoms with Crippen LogP contribution in [-0.2, 0) is 16.0 Å². The summed E-state index contributed by atoms with van der Waals surface area (Å²) in [4.78, 5) is 29.6. The number of hydrogen-bond acceptors (Lipinski definition) is 6. The molecule has 2 atom stereocenters. The number of fused-ring (bicyclic) bond motifs is 1. The lowest BCUT2D eigenvalue weighted by molar-refractivity contribution is -0.384. The molecule has 2 aliphatic heterocycles. The van der Waals surface area contributed by atoms with Crippen LogP contribution in [0.1, 0.15) is 26.3 Å². The summed E-state index contributed by atoms with van der Waals surface area (Å²) in [5.74, 6) is 0.0303. The maximum absolute atomic E-state index is 12.2. The van der Waals surface area contributed by atoms with Crippen LogP contribution in [0.25, 0.3) is 0 Å². The molecule has 8 nitrogen and oxygen atoms in total. The van der Waals surface area contributed by atoms with E-state index >= 15 is 0 Å². The van der Waals surface area contributed by atoms with Crippen LogP contribution < -0.4 is 0 Å². The van der Waals surface area contributed by atoms with Gasteiger partial charge in [-0.3, -0.25) is 10.1 Å². The zero-order valence-corrected chi connectivity index (χ0v) is 14.5. The molecular weight excluding hydrogens is 326 g/mol. The highest BCUT2D eigenvalue weighted by Gasteiger charge is 2.44. The summed E-state index contributed by atoms with van der Waals surface area (Å²) in [6.45, 7) is 6.46. The van der Waals surface area contributed by atoms with Crippen molar-refractivity contribution in [1.29, 1.82) is 0 Å². The van der Waals surface area contributed by atoms with E-state index in [-0.39, 0.29) is 23.8 Å². The van der Waals surface area contributed by atoms with Gasteiger partial charge in [0.25, 0.3) is 5.69 Å². The van der Waals surface area contributed by atoms with Gasteiger partial charge in [-0.25, -0.2) is 4.79 Å². The molecule has 0 saturated carbocycles. The average molecular weight is 347 g/mol. The van der Waals surface area contributed by atoms with Gasteiger partial charge in [-0.1, -0.05) is 17.3 Å². The molecule has 0 aromatic heterocycles. The molecule has 1 aromatic rings. The summed E-state index contributed by atoms with van der Waals surface area (Å²) >= 11 is 0. The minimum atomic E-state index is -0.536. The molecule has 0 N–H and O–H groups in total. The molecule has 0 bridgehead atoms. The molecule has 25 heavy (non-hydrogen) atoms. The standard InChI is InChI=1S/C17H21N3O5/c1-17(2,3)24-16(21)19-9-13-14(18-25-15(13)10-19)8-11-4-6-12(7-5-11)20(22)23/h4-7,13,15H,8-10H2,1-3H3. The molecular formula is C17H21N3O5. The quantitative estimate of drug-likeness (QED) is 0.619. The van der Waals surface area contributed by atoms with Crippen molar-refractivity contribution in [3.63, 3.8) is 0 Å². The van der Waals surface area contributed by atoms with E-state index in [0.717, 1.165) is 11.3 Å². The van der Waals surface area contributed by atoms with E-state index < -0.39 is 10.5 Å². The van der Waals surface area contributed by atoms with Gasteiger partial charge in [-0.2, -0.15) is 0 Å². The largest absolute Gasteiger partial charge is 0.444 e. The van der Waals surface area contributed by atoms with E-state index in [0.29, 0.717) is 19.5 Å². The highest BCUT2D eigenvalue weighted by atomic mass is 16.6. The lowest BCUT2D eigenvalue weighted by Gasteiger charge is -2.24. The van der Waals surface area contributed by atoms with Gasteiger partial charge in [0.15, 0.2) is 6.10 Å². The van der Waals surface area contributed by atoms with E-state index in [1.807, 2.05) is 20.8 Å². The Balaban J connectivity index is 1.62. The molecule has 0 aliphatic carbocycles. The molecule has 134 valence electrons. The predicted octanol–water partition coefficient (Wildman–Crippen LogP) is 2.76. The maximum Gasteiger partial charge on any atom is 0.410 e. The zero-order chi connectivity index (χ0) is 18.2. The molecule has 2 unspecified atom stereocenters. The van der Waals surface area contributed by atoms with Crippen LogP contribution >= 0.6 is 0 Å². The summed E-state index contributed by atoms with van der Waals surface area (Å²) in [6, 6.07) is 6.39. The number of rotatable bonds is 3. The van der Waals surface area contributed by atoms with E-state index in [4.69, 9.17) is 9.57 Å². The first kappa shape index (κ1) is 17.2. The van der Waals surface area contributed by atoms with Gasteiger partial charge < -0.3 is 14.5 Å². The van der Waals surface area contributed by atoms with Crippen molar-refractivity contribution in [3.05, 3.63) is 39.9 Å². The third-order valence-electron chi connectivity index (χ3n) is 4.18. The second kappa shape index (κ2) is 6.34. The van der Waals surface area contributed by atoms with Gasteiger partial charge in [-0.05, 0) is 26.3 Å². The number of likely N-dealkylation sites (tertiary alicyclic amines) is 1. The summed E-state index contributed by atoms with van der Waals surface area (Å²) in [5.41, 5.74) is 1.29. The SMILES string of the molecule is CC(C)(C)OC(=O)N1CC2ON=C(Cc3ccc([N+](=O)[O-])cc3)C2C1.